The molecule has 112 valence electrons. The summed E-state index contributed by atoms with van der Waals surface area (Å²) < 4.78 is 14.7. The molecular weight excluding hydrogens is 305 g/mol. The molecule has 0 spiro atoms. The highest BCUT2D eigenvalue weighted by Crippen LogP contribution is 2.14. The molecule has 22 heavy (non-hydrogen) atoms. The quantitative estimate of drug-likeness (QED) is 0.803. The summed E-state index contributed by atoms with van der Waals surface area (Å²) in [5, 5.41) is 3.22. The van der Waals surface area contributed by atoms with E-state index in [0.717, 1.165) is 5.69 Å². The third-order valence-electron chi connectivity index (χ3n) is 3.25. The van der Waals surface area contributed by atoms with Gasteiger partial charge in [-0.25, -0.2) is 9.37 Å². The summed E-state index contributed by atoms with van der Waals surface area (Å²) in [4.78, 5) is 16.4. The predicted octanol–water partition coefficient (Wildman–Crippen LogP) is 3.10. The second kappa shape index (κ2) is 6.15. The normalized spacial score (nSPS) is 10.8. The van der Waals surface area contributed by atoms with Gasteiger partial charge in [0.1, 0.15) is 11.5 Å². The molecule has 0 aliphatic heterocycles. The van der Waals surface area contributed by atoms with Crippen molar-refractivity contribution < 1.29 is 9.18 Å². The number of aromatic nitrogens is 2. The maximum atomic E-state index is 13.1. The van der Waals surface area contributed by atoms with E-state index in [2.05, 4.69) is 10.3 Å². The van der Waals surface area contributed by atoms with Crippen LogP contribution in [0.3, 0.4) is 0 Å². The molecule has 2 aromatic heterocycles. The lowest BCUT2D eigenvalue weighted by Gasteiger charge is -2.05. The number of carbonyl (C=O) groups excluding carboxylic acids is 1. The SMILES string of the molecule is O=C(NCCc1cn2cc(F)ccc2n1)c1ccccc1Cl. The van der Waals surface area contributed by atoms with E-state index in [0.29, 0.717) is 29.2 Å². The molecule has 6 heteroatoms. The van der Waals surface area contributed by atoms with Gasteiger partial charge in [0.25, 0.3) is 5.91 Å². The van der Waals surface area contributed by atoms with Gasteiger partial charge < -0.3 is 9.72 Å². The minimum Gasteiger partial charge on any atom is -0.352 e. The van der Waals surface area contributed by atoms with Crippen molar-refractivity contribution in [2.75, 3.05) is 6.54 Å². The molecule has 0 radical (unpaired) electrons. The van der Waals surface area contributed by atoms with Gasteiger partial charge in [0.15, 0.2) is 0 Å². The minimum absolute atomic E-state index is 0.222. The van der Waals surface area contributed by atoms with Crippen LogP contribution in [0.2, 0.25) is 5.02 Å². The summed E-state index contributed by atoms with van der Waals surface area (Å²) in [5.41, 5.74) is 1.90. The molecular formula is C16H13ClFN3O. The molecule has 1 aromatic carbocycles. The second-order valence-corrected chi connectivity index (χ2v) is 5.24. The average Bonchev–Trinajstić information content (AvgIpc) is 2.89. The maximum Gasteiger partial charge on any atom is 0.252 e. The van der Waals surface area contributed by atoms with Crippen LogP contribution in [0.4, 0.5) is 4.39 Å². The topological polar surface area (TPSA) is 46.4 Å². The summed E-state index contributed by atoms with van der Waals surface area (Å²) in [5.74, 6) is -0.538. The smallest absolute Gasteiger partial charge is 0.252 e. The van der Waals surface area contributed by atoms with Crippen molar-refractivity contribution in [3.8, 4) is 0 Å². The van der Waals surface area contributed by atoms with Crippen molar-refractivity contribution in [3.63, 3.8) is 0 Å². The Labute approximate surface area is 131 Å². The lowest BCUT2D eigenvalue weighted by Crippen LogP contribution is -2.26. The summed E-state index contributed by atoms with van der Waals surface area (Å²) in [6.07, 6.45) is 3.67. The van der Waals surface area contributed by atoms with Crippen LogP contribution in [-0.4, -0.2) is 21.8 Å². The number of rotatable bonds is 4. The Bertz CT molecular complexity index is 831. The molecule has 0 saturated carbocycles. The van der Waals surface area contributed by atoms with E-state index in [1.807, 2.05) is 0 Å². The zero-order chi connectivity index (χ0) is 15.5. The predicted molar refractivity (Wildman–Crippen MR) is 82.6 cm³/mol. The number of benzene rings is 1. The summed E-state index contributed by atoms with van der Waals surface area (Å²) in [7, 11) is 0. The number of imidazole rings is 1. The van der Waals surface area contributed by atoms with Crippen molar-refractivity contribution >= 4 is 23.2 Å². The summed E-state index contributed by atoms with van der Waals surface area (Å²) in [6.45, 7) is 0.427. The molecule has 0 fully saturated rings. The van der Waals surface area contributed by atoms with E-state index in [-0.39, 0.29) is 11.7 Å². The number of nitrogens with zero attached hydrogens (tertiary/aromatic N) is 2. The molecule has 0 atom stereocenters. The fourth-order valence-corrected chi connectivity index (χ4v) is 2.40. The van der Waals surface area contributed by atoms with Crippen LogP contribution >= 0.6 is 11.6 Å². The van der Waals surface area contributed by atoms with Gasteiger partial charge >= 0.3 is 0 Å². The van der Waals surface area contributed by atoms with Crippen molar-refractivity contribution in [1.29, 1.82) is 0 Å². The molecule has 3 rings (SSSR count). The van der Waals surface area contributed by atoms with Gasteiger partial charge in [0, 0.05) is 25.4 Å². The number of pyridine rings is 1. The highest BCUT2D eigenvalue weighted by molar-refractivity contribution is 6.33. The molecule has 0 saturated heterocycles. The lowest BCUT2D eigenvalue weighted by molar-refractivity contribution is 0.0954. The average molecular weight is 318 g/mol. The van der Waals surface area contributed by atoms with Crippen LogP contribution in [0, 0.1) is 5.82 Å². The molecule has 2 heterocycles. The van der Waals surface area contributed by atoms with Gasteiger partial charge in [-0.2, -0.15) is 0 Å². The molecule has 3 aromatic rings. The fourth-order valence-electron chi connectivity index (χ4n) is 2.18. The van der Waals surface area contributed by atoms with Crippen LogP contribution < -0.4 is 5.32 Å². The Kier molecular flexibility index (Phi) is 4.06. The van der Waals surface area contributed by atoms with Crippen LogP contribution in [0.15, 0.2) is 48.8 Å². The standard InChI is InChI=1S/C16H13ClFN3O/c17-14-4-2-1-3-13(14)16(22)19-8-7-12-10-21-9-11(18)5-6-15(21)20-12/h1-6,9-10H,7-8H2,(H,19,22). The van der Waals surface area contributed by atoms with Crippen LogP contribution in [0.5, 0.6) is 0 Å². The Morgan fingerprint density at radius 3 is 2.86 bits per heavy atom. The van der Waals surface area contributed by atoms with Crippen LogP contribution in [-0.2, 0) is 6.42 Å². The molecule has 0 aliphatic carbocycles. The van der Waals surface area contributed by atoms with E-state index >= 15 is 0 Å². The first-order chi connectivity index (χ1) is 10.6. The fraction of sp³-hybridized carbons (Fsp3) is 0.125. The molecule has 1 N–H and O–H groups in total. The highest BCUT2D eigenvalue weighted by atomic mass is 35.5. The monoisotopic (exact) mass is 317 g/mol. The van der Waals surface area contributed by atoms with E-state index in [1.54, 1.807) is 40.9 Å². The molecule has 0 bridgehead atoms. The van der Waals surface area contributed by atoms with E-state index < -0.39 is 0 Å². The highest BCUT2D eigenvalue weighted by Gasteiger charge is 2.09. The van der Waals surface area contributed by atoms with Gasteiger partial charge in [-0.3, -0.25) is 4.79 Å². The largest absolute Gasteiger partial charge is 0.352 e. The van der Waals surface area contributed by atoms with Crippen molar-refractivity contribution in [2.24, 2.45) is 0 Å². The number of amides is 1. The first-order valence-electron chi connectivity index (χ1n) is 6.79. The third kappa shape index (κ3) is 3.09. The Morgan fingerprint density at radius 2 is 2.05 bits per heavy atom. The number of hydrogen-bond donors (Lipinski definition) is 1. The van der Waals surface area contributed by atoms with Gasteiger partial charge in [-0.1, -0.05) is 23.7 Å². The van der Waals surface area contributed by atoms with Gasteiger partial charge in [0.2, 0.25) is 0 Å². The molecule has 1 amide bonds. The summed E-state index contributed by atoms with van der Waals surface area (Å²) in [6, 6.07) is 9.86. The van der Waals surface area contributed by atoms with Gasteiger partial charge in [-0.05, 0) is 24.3 Å². The van der Waals surface area contributed by atoms with Crippen molar-refractivity contribution in [2.45, 2.75) is 6.42 Å². The zero-order valence-electron chi connectivity index (χ0n) is 11.6. The maximum absolute atomic E-state index is 13.1. The molecule has 0 unspecified atom stereocenters. The first kappa shape index (κ1) is 14.5. The third-order valence-corrected chi connectivity index (χ3v) is 3.58. The van der Waals surface area contributed by atoms with Crippen molar-refractivity contribution in [3.05, 3.63) is 70.9 Å². The Balaban J connectivity index is 1.62. The Hall–Kier alpha value is -2.40. The van der Waals surface area contributed by atoms with Crippen LogP contribution in [0.1, 0.15) is 16.1 Å². The number of nitrogens with one attached hydrogen (secondary N) is 1. The van der Waals surface area contributed by atoms with Gasteiger partial charge in [0.05, 0.1) is 16.3 Å². The summed E-state index contributed by atoms with van der Waals surface area (Å²) >= 11 is 5.97. The Morgan fingerprint density at radius 1 is 1.23 bits per heavy atom. The number of fused-ring (bicyclic) bond motifs is 1. The first-order valence-corrected chi connectivity index (χ1v) is 7.17. The number of halogens is 2. The minimum atomic E-state index is -0.316. The van der Waals surface area contributed by atoms with E-state index in [4.69, 9.17) is 11.6 Å². The van der Waals surface area contributed by atoms with E-state index in [1.165, 1.54) is 12.3 Å². The van der Waals surface area contributed by atoms with Gasteiger partial charge in [-0.15, -0.1) is 0 Å². The number of hydrogen-bond acceptors (Lipinski definition) is 2. The lowest BCUT2D eigenvalue weighted by atomic mass is 10.2. The molecule has 4 nitrogen and oxygen atoms in total. The van der Waals surface area contributed by atoms with Crippen LogP contribution in [0.25, 0.3) is 5.65 Å². The van der Waals surface area contributed by atoms with Crippen molar-refractivity contribution in [1.82, 2.24) is 14.7 Å². The second-order valence-electron chi connectivity index (χ2n) is 4.83. The molecule has 0 aliphatic rings. The zero-order valence-corrected chi connectivity index (χ0v) is 12.3. The van der Waals surface area contributed by atoms with E-state index in [9.17, 15) is 9.18 Å². The number of carbonyl (C=O) groups is 1.